The van der Waals surface area contributed by atoms with Crippen LogP contribution >= 0.6 is 0 Å². The van der Waals surface area contributed by atoms with Crippen molar-refractivity contribution in [2.45, 2.75) is 33.4 Å². The Bertz CT molecular complexity index is 348. The highest BCUT2D eigenvalue weighted by molar-refractivity contribution is 5.42. The number of methoxy groups -OCH3 is 1. The first-order valence-electron chi connectivity index (χ1n) is 5.65. The van der Waals surface area contributed by atoms with E-state index in [4.69, 9.17) is 10.5 Å². The van der Waals surface area contributed by atoms with Crippen LogP contribution in [0, 0.1) is 13.8 Å². The molecule has 1 atom stereocenters. The zero-order valence-electron chi connectivity index (χ0n) is 10.6. The number of aryl methyl sites for hydroxylation is 2. The fraction of sp³-hybridized carbons (Fsp3) is 0.538. The molecule has 1 unspecified atom stereocenters. The lowest BCUT2D eigenvalue weighted by Gasteiger charge is -2.14. The van der Waals surface area contributed by atoms with Crippen LogP contribution in [0.25, 0.3) is 0 Å². The lowest BCUT2D eigenvalue weighted by atomic mass is 10.0. The van der Waals surface area contributed by atoms with Crippen molar-refractivity contribution in [2.24, 2.45) is 5.73 Å². The highest BCUT2D eigenvalue weighted by atomic mass is 16.5. The van der Waals surface area contributed by atoms with Gasteiger partial charge in [-0.2, -0.15) is 0 Å². The van der Waals surface area contributed by atoms with E-state index in [1.54, 1.807) is 7.11 Å². The van der Waals surface area contributed by atoms with Crippen molar-refractivity contribution in [3.05, 3.63) is 28.8 Å². The molecule has 3 nitrogen and oxygen atoms in total. The predicted octanol–water partition coefficient (Wildman–Crippen LogP) is 1.75. The molecule has 3 N–H and O–H groups in total. The maximum absolute atomic E-state index is 5.70. The Labute approximate surface area is 98.0 Å². The summed E-state index contributed by atoms with van der Waals surface area (Å²) in [6, 6.07) is 4.41. The van der Waals surface area contributed by atoms with Crippen molar-refractivity contribution in [3.8, 4) is 5.75 Å². The maximum Gasteiger partial charge on any atom is 0.123 e. The van der Waals surface area contributed by atoms with Crippen LogP contribution in [-0.4, -0.2) is 19.7 Å². The molecule has 1 aromatic rings. The van der Waals surface area contributed by atoms with Gasteiger partial charge in [0.2, 0.25) is 0 Å². The van der Waals surface area contributed by atoms with Crippen LogP contribution in [-0.2, 0) is 6.54 Å². The molecule has 0 amide bonds. The van der Waals surface area contributed by atoms with E-state index in [0.717, 1.165) is 18.8 Å². The van der Waals surface area contributed by atoms with Crippen molar-refractivity contribution in [1.29, 1.82) is 0 Å². The van der Waals surface area contributed by atoms with Crippen molar-refractivity contribution in [1.82, 2.24) is 5.32 Å². The van der Waals surface area contributed by atoms with E-state index in [0.29, 0.717) is 0 Å². The summed E-state index contributed by atoms with van der Waals surface area (Å²) in [6.45, 7) is 7.80. The summed E-state index contributed by atoms with van der Waals surface area (Å²) < 4.78 is 5.39. The summed E-state index contributed by atoms with van der Waals surface area (Å²) in [5.74, 6) is 0.953. The van der Waals surface area contributed by atoms with Gasteiger partial charge in [0.1, 0.15) is 5.75 Å². The third-order valence-electron chi connectivity index (χ3n) is 2.56. The molecule has 0 aliphatic heterocycles. The Morgan fingerprint density at radius 3 is 2.62 bits per heavy atom. The van der Waals surface area contributed by atoms with Gasteiger partial charge in [0.05, 0.1) is 7.11 Å². The zero-order chi connectivity index (χ0) is 12.1. The van der Waals surface area contributed by atoms with Gasteiger partial charge in [-0.15, -0.1) is 0 Å². The molecule has 0 saturated heterocycles. The number of nitrogens with two attached hydrogens (primary N) is 1. The third-order valence-corrected chi connectivity index (χ3v) is 2.56. The molecule has 0 saturated carbocycles. The Kier molecular flexibility index (Phi) is 4.77. The van der Waals surface area contributed by atoms with Gasteiger partial charge < -0.3 is 15.8 Å². The predicted molar refractivity (Wildman–Crippen MR) is 67.8 cm³/mol. The summed E-state index contributed by atoms with van der Waals surface area (Å²) >= 11 is 0. The SMILES string of the molecule is COc1cc(C)cc(C)c1CNCC(C)N. The van der Waals surface area contributed by atoms with E-state index in [1.807, 2.05) is 6.92 Å². The molecular formula is C13H22N2O. The first-order valence-corrected chi connectivity index (χ1v) is 5.65. The van der Waals surface area contributed by atoms with Gasteiger partial charge in [0, 0.05) is 24.7 Å². The summed E-state index contributed by atoms with van der Waals surface area (Å²) in [5, 5.41) is 3.33. The zero-order valence-corrected chi connectivity index (χ0v) is 10.6. The van der Waals surface area contributed by atoms with Gasteiger partial charge in [-0.25, -0.2) is 0 Å². The van der Waals surface area contributed by atoms with Crippen LogP contribution in [0.15, 0.2) is 12.1 Å². The smallest absolute Gasteiger partial charge is 0.123 e. The molecule has 90 valence electrons. The van der Waals surface area contributed by atoms with Crippen LogP contribution in [0.3, 0.4) is 0 Å². The third kappa shape index (κ3) is 3.51. The molecule has 0 fully saturated rings. The molecule has 0 radical (unpaired) electrons. The molecule has 1 aromatic carbocycles. The van der Waals surface area contributed by atoms with Gasteiger partial charge in [0.15, 0.2) is 0 Å². The van der Waals surface area contributed by atoms with Gasteiger partial charge >= 0.3 is 0 Å². The Morgan fingerprint density at radius 2 is 2.06 bits per heavy atom. The molecular weight excluding hydrogens is 200 g/mol. The molecule has 0 spiro atoms. The Morgan fingerprint density at radius 1 is 1.38 bits per heavy atom. The van der Waals surface area contributed by atoms with Crippen molar-refractivity contribution < 1.29 is 4.74 Å². The van der Waals surface area contributed by atoms with E-state index < -0.39 is 0 Å². The summed E-state index contributed by atoms with van der Waals surface area (Å²) in [6.07, 6.45) is 0. The highest BCUT2D eigenvalue weighted by Gasteiger charge is 2.07. The Balaban J connectivity index is 2.77. The van der Waals surface area contributed by atoms with Crippen LogP contribution in [0.1, 0.15) is 23.6 Å². The molecule has 0 heterocycles. The molecule has 1 rings (SSSR count). The fourth-order valence-electron chi connectivity index (χ4n) is 1.79. The number of hydrogen-bond acceptors (Lipinski definition) is 3. The molecule has 0 aliphatic carbocycles. The van der Waals surface area contributed by atoms with Crippen molar-refractivity contribution in [2.75, 3.05) is 13.7 Å². The minimum Gasteiger partial charge on any atom is -0.496 e. The van der Waals surface area contributed by atoms with Crippen LogP contribution in [0.4, 0.5) is 0 Å². The van der Waals surface area contributed by atoms with Gasteiger partial charge in [-0.3, -0.25) is 0 Å². The van der Waals surface area contributed by atoms with E-state index in [1.165, 1.54) is 16.7 Å². The summed E-state index contributed by atoms with van der Waals surface area (Å²) in [5.41, 5.74) is 9.40. The highest BCUT2D eigenvalue weighted by Crippen LogP contribution is 2.23. The average Bonchev–Trinajstić information content (AvgIpc) is 2.20. The van der Waals surface area contributed by atoms with E-state index in [9.17, 15) is 0 Å². The number of ether oxygens (including phenoxy) is 1. The first-order chi connectivity index (χ1) is 7.54. The topological polar surface area (TPSA) is 47.3 Å². The van der Waals surface area contributed by atoms with Gasteiger partial charge in [-0.1, -0.05) is 6.07 Å². The largest absolute Gasteiger partial charge is 0.496 e. The van der Waals surface area contributed by atoms with Crippen LogP contribution in [0.2, 0.25) is 0 Å². The number of nitrogens with one attached hydrogen (secondary N) is 1. The number of rotatable bonds is 5. The summed E-state index contributed by atoms with van der Waals surface area (Å²) in [7, 11) is 1.71. The second kappa shape index (κ2) is 5.87. The second-order valence-electron chi connectivity index (χ2n) is 4.37. The molecule has 0 bridgehead atoms. The van der Waals surface area contributed by atoms with Crippen molar-refractivity contribution >= 4 is 0 Å². The standard InChI is InChI=1S/C13H22N2O/c1-9-5-10(2)12(13(6-9)16-4)8-15-7-11(3)14/h5-6,11,15H,7-8,14H2,1-4H3. The average molecular weight is 222 g/mol. The fourth-order valence-corrected chi connectivity index (χ4v) is 1.79. The molecule has 16 heavy (non-hydrogen) atoms. The maximum atomic E-state index is 5.70. The van der Waals surface area contributed by atoms with Gasteiger partial charge in [0.25, 0.3) is 0 Å². The van der Waals surface area contributed by atoms with Crippen LogP contribution in [0.5, 0.6) is 5.75 Å². The quantitative estimate of drug-likeness (QED) is 0.798. The first kappa shape index (κ1) is 13.0. The number of hydrogen-bond donors (Lipinski definition) is 2. The van der Waals surface area contributed by atoms with Gasteiger partial charge in [-0.05, 0) is 38.0 Å². The molecule has 0 aromatic heterocycles. The minimum absolute atomic E-state index is 0.178. The second-order valence-corrected chi connectivity index (χ2v) is 4.37. The normalized spacial score (nSPS) is 12.6. The van der Waals surface area contributed by atoms with Crippen LogP contribution < -0.4 is 15.8 Å². The Hall–Kier alpha value is -1.06. The summed E-state index contributed by atoms with van der Waals surface area (Å²) in [4.78, 5) is 0. The van der Waals surface area contributed by atoms with E-state index >= 15 is 0 Å². The van der Waals surface area contributed by atoms with E-state index in [2.05, 4.69) is 31.3 Å². The van der Waals surface area contributed by atoms with Crippen molar-refractivity contribution in [3.63, 3.8) is 0 Å². The lowest BCUT2D eigenvalue weighted by Crippen LogP contribution is -2.30. The molecule has 0 aliphatic rings. The number of benzene rings is 1. The lowest BCUT2D eigenvalue weighted by molar-refractivity contribution is 0.406. The monoisotopic (exact) mass is 222 g/mol. The molecule has 3 heteroatoms. The minimum atomic E-state index is 0.178. The van der Waals surface area contributed by atoms with E-state index in [-0.39, 0.29) is 6.04 Å².